The Hall–Kier alpha value is -3.04. The van der Waals surface area contributed by atoms with Crippen LogP contribution in [0.3, 0.4) is 0 Å². The second-order valence-electron chi connectivity index (χ2n) is 16.1. The van der Waals surface area contributed by atoms with Crippen molar-refractivity contribution in [2.75, 3.05) is 39.6 Å². The third-order valence-electron chi connectivity index (χ3n) is 9.56. The monoisotopic (exact) mass is 1000 g/mol. The van der Waals surface area contributed by atoms with Crippen LogP contribution in [0.25, 0.3) is 0 Å². The highest BCUT2D eigenvalue weighted by atomic mass is 31.2. The second kappa shape index (κ2) is 46.3. The van der Waals surface area contributed by atoms with Crippen LogP contribution in [0.5, 0.6) is 0 Å². The maximum Gasteiger partial charge on any atom is 0.472 e. The number of phosphoric acid groups is 2. The van der Waals surface area contributed by atoms with E-state index in [1.165, 1.54) is 44.9 Å². The molecule has 0 saturated heterocycles. The highest BCUT2D eigenvalue weighted by Crippen LogP contribution is 2.45. The fourth-order valence-corrected chi connectivity index (χ4v) is 7.35. The number of unbranched alkanes of at least 4 members (excludes halogenated alkanes) is 11. The molecular weight excluding hydrogens is 914 g/mol. The number of carbonyl (C=O) groups is 2. The lowest BCUT2D eigenvalue weighted by Gasteiger charge is -2.19. The summed E-state index contributed by atoms with van der Waals surface area (Å²) in [6, 6.07) is 0. The van der Waals surface area contributed by atoms with Crippen molar-refractivity contribution in [3.05, 3.63) is 97.2 Å². The summed E-state index contributed by atoms with van der Waals surface area (Å²) in [5.74, 6) is -1.13. The third-order valence-corrected chi connectivity index (χ3v) is 11.5. The van der Waals surface area contributed by atoms with Crippen LogP contribution in [0.4, 0.5) is 0 Å². The minimum atomic E-state index is -4.81. The molecule has 0 aliphatic rings. The predicted molar refractivity (Wildman–Crippen MR) is 269 cm³/mol. The highest BCUT2D eigenvalue weighted by molar-refractivity contribution is 7.47. The van der Waals surface area contributed by atoms with Crippen LogP contribution in [0, 0.1) is 0 Å². The summed E-state index contributed by atoms with van der Waals surface area (Å²) in [4.78, 5) is 43.7. The maximum atomic E-state index is 12.2. The highest BCUT2D eigenvalue weighted by Gasteiger charge is 2.28. The van der Waals surface area contributed by atoms with Crippen LogP contribution < -0.4 is 0 Å². The lowest BCUT2D eigenvalue weighted by Crippen LogP contribution is -2.25. The molecule has 0 fully saturated rings. The molecule has 0 aromatic rings. The number of rotatable bonds is 46. The van der Waals surface area contributed by atoms with E-state index in [9.17, 15) is 43.8 Å². The van der Waals surface area contributed by atoms with E-state index in [-0.39, 0.29) is 12.8 Å². The van der Waals surface area contributed by atoms with Gasteiger partial charge in [-0.3, -0.25) is 27.7 Å². The molecule has 0 amide bonds. The van der Waals surface area contributed by atoms with Gasteiger partial charge in [-0.2, -0.15) is 0 Å². The van der Waals surface area contributed by atoms with Crippen molar-refractivity contribution in [1.29, 1.82) is 0 Å². The molecule has 390 valence electrons. The summed E-state index contributed by atoms with van der Waals surface area (Å²) in [6.45, 7) is 0.150. The van der Waals surface area contributed by atoms with Crippen LogP contribution in [-0.4, -0.2) is 95.0 Å². The van der Waals surface area contributed by atoms with Crippen LogP contribution in [-0.2, 0) is 46.3 Å². The third kappa shape index (κ3) is 48.0. The van der Waals surface area contributed by atoms with Crippen LogP contribution in [0.1, 0.15) is 155 Å². The summed E-state index contributed by atoms with van der Waals surface area (Å²) >= 11 is 0. The van der Waals surface area contributed by atoms with Gasteiger partial charge in [0.25, 0.3) is 0 Å². The minimum Gasteiger partial charge on any atom is -0.463 e. The van der Waals surface area contributed by atoms with Crippen molar-refractivity contribution in [3.8, 4) is 0 Å². The number of allylic oxidation sites excluding steroid dienone is 15. The number of carbonyl (C=O) groups excluding carboxylic acids is 2. The van der Waals surface area contributed by atoms with Crippen molar-refractivity contribution in [2.24, 2.45) is 0 Å². The molecule has 0 aromatic heterocycles. The van der Waals surface area contributed by atoms with Crippen LogP contribution in [0.2, 0.25) is 0 Å². The average molecular weight is 1000 g/mol. The van der Waals surface area contributed by atoms with Gasteiger partial charge in [-0.1, -0.05) is 162 Å². The first-order valence-electron chi connectivity index (χ1n) is 24.6. The number of ether oxygens (including phenoxy) is 2. The molecule has 5 atom stereocenters. The molecular formula is C51H86O15P2. The van der Waals surface area contributed by atoms with Gasteiger partial charge in [-0.25, -0.2) is 9.13 Å². The zero-order valence-corrected chi connectivity index (χ0v) is 42.8. The summed E-state index contributed by atoms with van der Waals surface area (Å²) in [6.07, 6.45) is 49.9. The normalized spacial score (nSPS) is 15.8. The fourth-order valence-electron chi connectivity index (χ4n) is 5.76. The molecule has 5 unspecified atom stereocenters. The Labute approximate surface area is 408 Å². The van der Waals surface area contributed by atoms with Gasteiger partial charge in [-0.05, 0) is 77.0 Å². The van der Waals surface area contributed by atoms with Gasteiger partial charge in [0.05, 0.1) is 32.8 Å². The van der Waals surface area contributed by atoms with E-state index in [1.807, 2.05) is 12.2 Å². The lowest BCUT2D eigenvalue weighted by atomic mass is 10.1. The Balaban J connectivity index is 3.99. The van der Waals surface area contributed by atoms with E-state index in [2.05, 4.69) is 105 Å². The van der Waals surface area contributed by atoms with Gasteiger partial charge in [0.2, 0.25) is 0 Å². The van der Waals surface area contributed by atoms with Crippen LogP contribution >= 0.6 is 15.6 Å². The molecule has 0 aromatic carbocycles. The van der Waals surface area contributed by atoms with E-state index in [0.717, 1.165) is 70.6 Å². The smallest absolute Gasteiger partial charge is 0.463 e. The van der Waals surface area contributed by atoms with Crippen molar-refractivity contribution >= 4 is 27.6 Å². The van der Waals surface area contributed by atoms with E-state index in [0.29, 0.717) is 12.8 Å². The van der Waals surface area contributed by atoms with E-state index in [4.69, 9.17) is 9.47 Å². The molecule has 0 rings (SSSR count). The van der Waals surface area contributed by atoms with Crippen molar-refractivity contribution in [2.45, 2.75) is 173 Å². The molecule has 0 aliphatic carbocycles. The van der Waals surface area contributed by atoms with Crippen molar-refractivity contribution in [3.63, 3.8) is 0 Å². The van der Waals surface area contributed by atoms with Gasteiger partial charge in [0.1, 0.15) is 31.5 Å². The largest absolute Gasteiger partial charge is 0.472 e. The van der Waals surface area contributed by atoms with Crippen LogP contribution in [0.15, 0.2) is 97.2 Å². The number of aliphatic hydroxyl groups is 3. The summed E-state index contributed by atoms with van der Waals surface area (Å²) in [7, 11) is -9.61. The first kappa shape index (κ1) is 65.0. The Morgan fingerprint density at radius 1 is 0.412 bits per heavy atom. The Kier molecular flexibility index (Phi) is 44.3. The van der Waals surface area contributed by atoms with Gasteiger partial charge < -0.3 is 34.6 Å². The first-order chi connectivity index (χ1) is 32.8. The van der Waals surface area contributed by atoms with Gasteiger partial charge >= 0.3 is 27.6 Å². The topological polar surface area (TPSA) is 225 Å². The van der Waals surface area contributed by atoms with Crippen molar-refractivity contribution < 1.29 is 71.4 Å². The molecule has 0 radical (unpaired) electrons. The Morgan fingerprint density at radius 2 is 0.735 bits per heavy atom. The number of hydrogen-bond acceptors (Lipinski definition) is 13. The maximum absolute atomic E-state index is 12.2. The van der Waals surface area contributed by atoms with E-state index >= 15 is 0 Å². The van der Waals surface area contributed by atoms with Gasteiger partial charge in [0.15, 0.2) is 0 Å². The van der Waals surface area contributed by atoms with Gasteiger partial charge in [0, 0.05) is 6.42 Å². The molecule has 15 nitrogen and oxygen atoms in total. The first-order valence-corrected chi connectivity index (χ1v) is 27.6. The summed E-state index contributed by atoms with van der Waals surface area (Å²) in [5, 5.41) is 30.0. The average Bonchev–Trinajstić information content (AvgIpc) is 3.31. The molecule has 5 N–H and O–H groups in total. The molecule has 0 saturated carbocycles. The molecule has 17 heteroatoms. The summed E-state index contributed by atoms with van der Waals surface area (Å²) < 4.78 is 52.9. The number of phosphoric ester groups is 2. The Morgan fingerprint density at radius 3 is 1.13 bits per heavy atom. The zero-order chi connectivity index (χ0) is 50.2. The Bertz CT molecular complexity index is 1590. The number of aliphatic hydroxyl groups excluding tert-OH is 3. The zero-order valence-electron chi connectivity index (χ0n) is 41.0. The summed E-state index contributed by atoms with van der Waals surface area (Å²) in [5.41, 5.74) is 0. The molecule has 0 bridgehead atoms. The standard InChI is InChI=1S/C51H86O15P2/c1-3-5-7-9-11-13-15-17-19-20-21-22-23-24-26-28-30-32-34-36-38-40-51(56)62-42-48(53)44-64-68(59,60)66-46-49(54)45-65-67(57,58)63-43-47(52)41-61-50(55)39-37-35-33-31-29-27-25-18-16-14-12-10-8-6-4-2/h5,7,11,13-14,16-17,19,21-22,24,26,30,32,36,38,47-49,52-54H,3-4,6,8-10,12,15,18,20,23,25,27-29,31,33-35,37,39-46H2,1-2H3,(H,57,58)(H,59,60)/b7-5-,13-11-,16-14-,19-17-,22-21-,26-24-,32-30-,38-36-. The lowest BCUT2D eigenvalue weighted by molar-refractivity contribution is -0.147. The predicted octanol–water partition coefficient (Wildman–Crippen LogP) is 11.5. The van der Waals surface area contributed by atoms with Gasteiger partial charge in [-0.15, -0.1) is 0 Å². The van der Waals surface area contributed by atoms with Crippen molar-refractivity contribution in [1.82, 2.24) is 0 Å². The van der Waals surface area contributed by atoms with E-state index < -0.39 is 85.5 Å². The molecule has 0 spiro atoms. The minimum absolute atomic E-state index is 0.0435. The molecule has 0 aliphatic heterocycles. The quantitative estimate of drug-likeness (QED) is 0.0165. The SMILES string of the molecule is CC/C=C\C/C=C\C/C=C\C/C=C\C/C=C\C/C=C\C/C=C\CC(=O)OCC(O)COP(=O)(O)OCC(O)COP(=O)(O)OCC(O)COC(=O)CCCCCCCCC/C=C\CCCCCC. The fraction of sp³-hybridized carbons (Fsp3) is 0.647. The second-order valence-corrected chi connectivity index (χ2v) is 19.0. The molecule has 0 heterocycles. The molecule has 68 heavy (non-hydrogen) atoms. The number of esters is 2. The van der Waals surface area contributed by atoms with E-state index in [1.54, 1.807) is 12.2 Å². The number of hydrogen-bond donors (Lipinski definition) is 5.